The van der Waals surface area contributed by atoms with Gasteiger partial charge in [0.05, 0.1) is 11.8 Å². The Morgan fingerprint density at radius 2 is 2.25 bits per heavy atom. The van der Waals surface area contributed by atoms with Crippen molar-refractivity contribution in [3.8, 4) is 0 Å². The smallest absolute Gasteiger partial charge is 0.260 e. The maximum Gasteiger partial charge on any atom is 0.260 e. The van der Waals surface area contributed by atoms with Crippen LogP contribution in [0, 0.1) is 10.5 Å². The van der Waals surface area contributed by atoms with E-state index in [-0.39, 0.29) is 5.91 Å². The number of pyridine rings is 1. The summed E-state index contributed by atoms with van der Waals surface area (Å²) >= 11 is 2.16. The van der Waals surface area contributed by atoms with Crippen LogP contribution in [0.2, 0.25) is 0 Å². The Morgan fingerprint density at radius 1 is 1.44 bits per heavy atom. The van der Waals surface area contributed by atoms with Gasteiger partial charge in [-0.05, 0) is 47.7 Å². The summed E-state index contributed by atoms with van der Waals surface area (Å²) in [5.41, 5.74) is 0.528. The lowest BCUT2D eigenvalue weighted by Crippen LogP contribution is -2.13. The van der Waals surface area contributed by atoms with Gasteiger partial charge in [-0.3, -0.25) is 4.79 Å². The van der Waals surface area contributed by atoms with Gasteiger partial charge in [0.2, 0.25) is 0 Å². The second-order valence-electron chi connectivity index (χ2n) is 3.21. The summed E-state index contributed by atoms with van der Waals surface area (Å²) in [6.45, 7) is 1.75. The molecule has 0 aliphatic rings. The van der Waals surface area contributed by atoms with Crippen LogP contribution >= 0.6 is 22.6 Å². The molecule has 0 spiro atoms. The van der Waals surface area contributed by atoms with E-state index in [2.05, 4.69) is 32.9 Å². The molecule has 16 heavy (non-hydrogen) atoms. The summed E-state index contributed by atoms with van der Waals surface area (Å²) in [5.74, 6) is 0.925. The number of nitrogens with one attached hydrogen (secondary N) is 1. The molecule has 0 unspecified atom stereocenters. The van der Waals surface area contributed by atoms with Crippen LogP contribution in [0.25, 0.3) is 0 Å². The predicted molar refractivity (Wildman–Crippen MR) is 68.4 cm³/mol. The molecular weight excluding hydrogens is 319 g/mol. The van der Waals surface area contributed by atoms with E-state index in [1.54, 1.807) is 25.3 Å². The Morgan fingerprint density at radius 3 is 2.81 bits per heavy atom. The molecule has 0 bridgehead atoms. The average Bonchev–Trinajstić information content (AvgIpc) is 2.68. The maximum atomic E-state index is 11.8. The Labute approximate surface area is 106 Å². The monoisotopic (exact) mass is 328 g/mol. The molecule has 1 amide bonds. The molecular formula is C11H9IN2O2. The van der Waals surface area contributed by atoms with Gasteiger partial charge >= 0.3 is 0 Å². The molecule has 0 aliphatic heterocycles. The first-order valence-corrected chi connectivity index (χ1v) is 5.71. The zero-order valence-corrected chi connectivity index (χ0v) is 10.7. The topological polar surface area (TPSA) is 55.1 Å². The summed E-state index contributed by atoms with van der Waals surface area (Å²) in [7, 11) is 0. The van der Waals surface area contributed by atoms with Crippen LogP contribution in [0.15, 0.2) is 35.1 Å². The van der Waals surface area contributed by atoms with Gasteiger partial charge in [-0.2, -0.15) is 0 Å². The number of carbonyl (C=O) groups excluding carboxylic acids is 1. The number of amides is 1. The first-order chi connectivity index (χ1) is 7.66. The van der Waals surface area contributed by atoms with Crippen molar-refractivity contribution < 1.29 is 9.21 Å². The van der Waals surface area contributed by atoms with Crippen molar-refractivity contribution in [2.75, 3.05) is 5.32 Å². The SMILES string of the molecule is Cc1occc1C(=O)Nc1ccc(I)cn1. The Bertz CT molecular complexity index is 505. The summed E-state index contributed by atoms with van der Waals surface area (Å²) < 4.78 is 6.08. The van der Waals surface area contributed by atoms with Crippen LogP contribution in [-0.4, -0.2) is 10.9 Å². The van der Waals surface area contributed by atoms with E-state index in [4.69, 9.17) is 4.42 Å². The molecule has 0 aromatic carbocycles. The second-order valence-corrected chi connectivity index (χ2v) is 4.45. The third kappa shape index (κ3) is 2.41. The van der Waals surface area contributed by atoms with E-state index < -0.39 is 0 Å². The first kappa shape index (κ1) is 11.1. The van der Waals surface area contributed by atoms with Crippen LogP contribution in [0.4, 0.5) is 5.82 Å². The molecule has 0 saturated heterocycles. The molecule has 0 radical (unpaired) electrons. The molecule has 0 fully saturated rings. The van der Waals surface area contributed by atoms with Gasteiger partial charge < -0.3 is 9.73 Å². The van der Waals surface area contributed by atoms with Crippen molar-refractivity contribution in [3.05, 3.63) is 45.6 Å². The quantitative estimate of drug-likeness (QED) is 0.863. The predicted octanol–water partition coefficient (Wildman–Crippen LogP) is 2.84. The lowest BCUT2D eigenvalue weighted by molar-refractivity contribution is 0.102. The van der Waals surface area contributed by atoms with Gasteiger partial charge in [-0.1, -0.05) is 0 Å². The highest BCUT2D eigenvalue weighted by Gasteiger charge is 2.11. The van der Waals surface area contributed by atoms with Crippen molar-refractivity contribution >= 4 is 34.3 Å². The van der Waals surface area contributed by atoms with Crippen molar-refractivity contribution in [1.82, 2.24) is 4.98 Å². The van der Waals surface area contributed by atoms with Crippen molar-refractivity contribution in [2.45, 2.75) is 6.92 Å². The molecule has 4 nitrogen and oxygen atoms in total. The number of hydrogen-bond acceptors (Lipinski definition) is 3. The van der Waals surface area contributed by atoms with E-state index >= 15 is 0 Å². The maximum absolute atomic E-state index is 11.8. The highest BCUT2D eigenvalue weighted by Crippen LogP contribution is 2.12. The molecule has 2 rings (SSSR count). The van der Waals surface area contributed by atoms with Gasteiger partial charge in [-0.25, -0.2) is 4.98 Å². The van der Waals surface area contributed by atoms with Crippen LogP contribution in [0.5, 0.6) is 0 Å². The Balaban J connectivity index is 2.14. The number of aromatic nitrogens is 1. The lowest BCUT2D eigenvalue weighted by Gasteiger charge is -2.02. The number of furan rings is 1. The van der Waals surface area contributed by atoms with Crippen LogP contribution in [0.1, 0.15) is 16.1 Å². The van der Waals surface area contributed by atoms with E-state index in [9.17, 15) is 4.79 Å². The summed E-state index contributed by atoms with van der Waals surface area (Å²) in [4.78, 5) is 15.9. The Hall–Kier alpha value is -1.37. The number of nitrogens with zero attached hydrogens (tertiary/aromatic N) is 1. The van der Waals surface area contributed by atoms with Crippen LogP contribution in [-0.2, 0) is 0 Å². The van der Waals surface area contributed by atoms with Gasteiger partial charge in [0.1, 0.15) is 11.6 Å². The highest BCUT2D eigenvalue weighted by atomic mass is 127. The fourth-order valence-corrected chi connectivity index (χ4v) is 1.57. The standard InChI is InChI=1S/C11H9IN2O2/c1-7-9(4-5-16-7)11(15)14-10-3-2-8(12)6-13-10/h2-6H,1H3,(H,13,14,15). The highest BCUT2D eigenvalue weighted by molar-refractivity contribution is 14.1. The molecule has 2 aromatic rings. The third-order valence-corrected chi connectivity index (χ3v) is 2.71. The molecule has 0 atom stereocenters. The largest absolute Gasteiger partial charge is 0.469 e. The fraction of sp³-hybridized carbons (Fsp3) is 0.0909. The van der Waals surface area contributed by atoms with Crippen molar-refractivity contribution in [3.63, 3.8) is 0 Å². The molecule has 5 heteroatoms. The normalized spacial score (nSPS) is 10.1. The van der Waals surface area contributed by atoms with E-state index in [1.807, 2.05) is 6.07 Å². The third-order valence-electron chi connectivity index (χ3n) is 2.07. The molecule has 1 N–H and O–H groups in total. The number of anilines is 1. The zero-order valence-electron chi connectivity index (χ0n) is 8.53. The van der Waals surface area contributed by atoms with Gasteiger partial charge in [-0.15, -0.1) is 0 Å². The Kier molecular flexibility index (Phi) is 3.23. The molecule has 2 aromatic heterocycles. The zero-order chi connectivity index (χ0) is 11.5. The minimum atomic E-state index is -0.208. The molecule has 0 aliphatic carbocycles. The molecule has 82 valence electrons. The minimum absolute atomic E-state index is 0.208. The van der Waals surface area contributed by atoms with Crippen LogP contribution in [0.3, 0.4) is 0 Å². The fourth-order valence-electron chi connectivity index (χ4n) is 1.25. The van der Waals surface area contributed by atoms with Crippen molar-refractivity contribution in [2.24, 2.45) is 0 Å². The molecule has 2 heterocycles. The lowest BCUT2D eigenvalue weighted by atomic mass is 10.2. The summed E-state index contributed by atoms with van der Waals surface area (Å²) in [6.07, 6.45) is 3.18. The van der Waals surface area contributed by atoms with Gasteiger partial charge in [0.15, 0.2) is 0 Å². The first-order valence-electron chi connectivity index (χ1n) is 4.64. The van der Waals surface area contributed by atoms with Crippen molar-refractivity contribution in [1.29, 1.82) is 0 Å². The van der Waals surface area contributed by atoms with Gasteiger partial charge in [0, 0.05) is 9.77 Å². The van der Waals surface area contributed by atoms with Crippen LogP contribution < -0.4 is 5.32 Å². The van der Waals surface area contributed by atoms with E-state index in [0.29, 0.717) is 17.1 Å². The van der Waals surface area contributed by atoms with E-state index in [1.165, 1.54) is 6.26 Å². The number of halogens is 1. The summed E-state index contributed by atoms with van der Waals surface area (Å²) in [6, 6.07) is 5.28. The number of carbonyl (C=O) groups is 1. The number of rotatable bonds is 2. The van der Waals surface area contributed by atoms with E-state index in [0.717, 1.165) is 3.57 Å². The average molecular weight is 328 g/mol. The number of aryl methyl sites for hydroxylation is 1. The minimum Gasteiger partial charge on any atom is -0.469 e. The molecule has 0 saturated carbocycles. The second kappa shape index (κ2) is 4.65. The summed E-state index contributed by atoms with van der Waals surface area (Å²) in [5, 5.41) is 2.70. The van der Waals surface area contributed by atoms with Gasteiger partial charge in [0.25, 0.3) is 5.91 Å². The number of hydrogen-bond donors (Lipinski definition) is 1.